The minimum Gasteiger partial charge on any atom is -0.484 e. The van der Waals surface area contributed by atoms with Gasteiger partial charge in [-0.15, -0.1) is 0 Å². The predicted molar refractivity (Wildman–Crippen MR) is 79.1 cm³/mol. The lowest BCUT2D eigenvalue weighted by Gasteiger charge is -2.06. The summed E-state index contributed by atoms with van der Waals surface area (Å²) in [6.07, 6.45) is 0. The average Bonchev–Trinajstić information content (AvgIpc) is 2.94. The number of hydrogen-bond acceptors (Lipinski definition) is 5. The van der Waals surface area contributed by atoms with E-state index in [9.17, 15) is 4.79 Å². The number of nitrogens with zero attached hydrogens (tertiary/aromatic N) is 1. The first kappa shape index (κ1) is 15.1. The van der Waals surface area contributed by atoms with Gasteiger partial charge >= 0.3 is 0 Å². The molecule has 0 atom stereocenters. The number of rotatable bonds is 6. The van der Waals surface area contributed by atoms with Gasteiger partial charge in [-0.25, -0.2) is 0 Å². The van der Waals surface area contributed by atoms with Gasteiger partial charge < -0.3 is 15.0 Å². The van der Waals surface area contributed by atoms with Crippen LogP contribution in [0.3, 0.4) is 0 Å². The van der Waals surface area contributed by atoms with Gasteiger partial charge in [-0.1, -0.05) is 31.1 Å². The summed E-state index contributed by atoms with van der Waals surface area (Å²) in [7, 11) is 0. The highest BCUT2D eigenvalue weighted by Gasteiger charge is 2.10. The Kier molecular flexibility index (Phi) is 4.94. The van der Waals surface area contributed by atoms with Crippen molar-refractivity contribution >= 4 is 11.8 Å². The quantitative estimate of drug-likeness (QED) is 0.851. The van der Waals surface area contributed by atoms with Crippen LogP contribution in [0, 0.1) is 0 Å². The molecule has 0 fully saturated rings. The third kappa shape index (κ3) is 4.32. The highest BCUT2D eigenvalue weighted by atomic mass is 16.5. The summed E-state index contributed by atoms with van der Waals surface area (Å²) < 4.78 is 10.4. The van der Waals surface area contributed by atoms with Crippen LogP contribution < -0.4 is 15.8 Å². The zero-order chi connectivity index (χ0) is 15.2. The maximum absolute atomic E-state index is 11.8. The van der Waals surface area contributed by atoms with Crippen molar-refractivity contribution in [3.63, 3.8) is 0 Å². The predicted octanol–water partition coefficient (Wildman–Crippen LogP) is 2.27. The summed E-state index contributed by atoms with van der Waals surface area (Å²) in [5.74, 6) is 0.866. The van der Waals surface area contributed by atoms with Gasteiger partial charge in [0.15, 0.2) is 6.61 Å². The Morgan fingerprint density at radius 2 is 2.24 bits per heavy atom. The summed E-state index contributed by atoms with van der Waals surface area (Å²) in [5, 5.41) is 6.46. The number of amides is 1. The van der Waals surface area contributed by atoms with Crippen molar-refractivity contribution in [3.8, 4) is 5.75 Å². The number of carbonyl (C=O) groups is 1. The second kappa shape index (κ2) is 6.90. The minimum absolute atomic E-state index is 0.105. The van der Waals surface area contributed by atoms with Crippen molar-refractivity contribution in [2.24, 2.45) is 5.73 Å². The van der Waals surface area contributed by atoms with Gasteiger partial charge in [0.2, 0.25) is 5.88 Å². The summed E-state index contributed by atoms with van der Waals surface area (Å²) in [6, 6.07) is 9.02. The second-order valence-electron chi connectivity index (χ2n) is 4.96. The molecular formula is C15H19N3O3. The van der Waals surface area contributed by atoms with Gasteiger partial charge in [0.1, 0.15) is 5.75 Å². The van der Waals surface area contributed by atoms with E-state index in [0.29, 0.717) is 18.2 Å². The van der Waals surface area contributed by atoms with Crippen LogP contribution in [0.5, 0.6) is 5.75 Å². The lowest BCUT2D eigenvalue weighted by atomic mass is 10.1. The molecule has 0 saturated heterocycles. The first-order valence-corrected chi connectivity index (χ1v) is 6.76. The number of benzene rings is 1. The van der Waals surface area contributed by atoms with Crippen LogP contribution in [0.2, 0.25) is 0 Å². The van der Waals surface area contributed by atoms with E-state index in [0.717, 1.165) is 11.3 Å². The number of anilines is 1. The Bertz CT molecular complexity index is 608. The largest absolute Gasteiger partial charge is 0.484 e. The maximum atomic E-state index is 11.8. The number of nitrogens with one attached hydrogen (secondary N) is 1. The SMILES string of the molecule is CC(C)c1cc(NC(=O)COc2cccc(CN)c2)on1. The molecule has 0 aliphatic rings. The first-order chi connectivity index (χ1) is 10.1. The van der Waals surface area contributed by atoms with Crippen molar-refractivity contribution in [1.29, 1.82) is 0 Å². The van der Waals surface area contributed by atoms with Crippen LogP contribution in [-0.2, 0) is 11.3 Å². The van der Waals surface area contributed by atoms with Crippen LogP contribution in [0.1, 0.15) is 31.0 Å². The maximum Gasteiger partial charge on any atom is 0.264 e. The van der Waals surface area contributed by atoms with E-state index in [4.69, 9.17) is 15.0 Å². The van der Waals surface area contributed by atoms with Crippen molar-refractivity contribution < 1.29 is 14.1 Å². The van der Waals surface area contributed by atoms with E-state index in [1.54, 1.807) is 18.2 Å². The molecule has 0 aliphatic carbocycles. The number of carbonyl (C=O) groups excluding carboxylic acids is 1. The first-order valence-electron chi connectivity index (χ1n) is 6.76. The average molecular weight is 289 g/mol. The monoisotopic (exact) mass is 289 g/mol. The van der Waals surface area contributed by atoms with Crippen molar-refractivity contribution in [1.82, 2.24) is 5.16 Å². The van der Waals surface area contributed by atoms with E-state index < -0.39 is 0 Å². The third-order valence-electron chi connectivity index (χ3n) is 2.89. The molecule has 1 aromatic carbocycles. The fourth-order valence-electron chi connectivity index (χ4n) is 1.70. The summed E-state index contributed by atoms with van der Waals surface area (Å²) in [6.45, 7) is 4.32. The molecule has 21 heavy (non-hydrogen) atoms. The van der Waals surface area contributed by atoms with Gasteiger partial charge in [0.25, 0.3) is 5.91 Å². The highest BCUT2D eigenvalue weighted by Crippen LogP contribution is 2.17. The van der Waals surface area contributed by atoms with Gasteiger partial charge in [-0.05, 0) is 23.6 Å². The smallest absolute Gasteiger partial charge is 0.264 e. The van der Waals surface area contributed by atoms with Crippen molar-refractivity contribution in [3.05, 3.63) is 41.6 Å². The molecule has 0 bridgehead atoms. The lowest BCUT2D eigenvalue weighted by molar-refractivity contribution is -0.118. The molecule has 0 saturated carbocycles. The van der Waals surface area contributed by atoms with Gasteiger partial charge in [0.05, 0.1) is 5.69 Å². The van der Waals surface area contributed by atoms with Gasteiger partial charge in [-0.2, -0.15) is 0 Å². The Morgan fingerprint density at radius 1 is 1.43 bits per heavy atom. The van der Waals surface area contributed by atoms with E-state index in [1.807, 2.05) is 26.0 Å². The molecule has 0 aliphatic heterocycles. The Balaban J connectivity index is 1.86. The fourth-order valence-corrected chi connectivity index (χ4v) is 1.70. The third-order valence-corrected chi connectivity index (χ3v) is 2.89. The van der Waals surface area contributed by atoms with E-state index >= 15 is 0 Å². The summed E-state index contributed by atoms with van der Waals surface area (Å²) in [5.41, 5.74) is 7.29. The Hall–Kier alpha value is -2.34. The molecule has 1 amide bonds. The second-order valence-corrected chi connectivity index (χ2v) is 4.96. The molecule has 6 heteroatoms. The standard InChI is InChI=1S/C15H19N3O3/c1-10(2)13-7-15(21-18-13)17-14(19)9-20-12-5-3-4-11(6-12)8-16/h3-7,10H,8-9,16H2,1-2H3,(H,17,19). The van der Waals surface area contributed by atoms with Crippen molar-refractivity contribution in [2.75, 3.05) is 11.9 Å². The number of hydrogen-bond donors (Lipinski definition) is 2. The fraction of sp³-hybridized carbons (Fsp3) is 0.333. The number of aromatic nitrogens is 1. The number of ether oxygens (including phenoxy) is 1. The molecule has 112 valence electrons. The van der Waals surface area contributed by atoms with Crippen LogP contribution in [-0.4, -0.2) is 17.7 Å². The summed E-state index contributed by atoms with van der Waals surface area (Å²) in [4.78, 5) is 11.8. The molecule has 3 N–H and O–H groups in total. The van der Waals surface area contributed by atoms with Gasteiger partial charge in [0, 0.05) is 12.6 Å². The lowest BCUT2D eigenvalue weighted by Crippen LogP contribution is -2.19. The van der Waals surface area contributed by atoms with E-state index in [1.165, 1.54) is 0 Å². The highest BCUT2D eigenvalue weighted by molar-refractivity contribution is 5.90. The molecule has 1 heterocycles. The molecule has 1 aromatic heterocycles. The Morgan fingerprint density at radius 3 is 2.90 bits per heavy atom. The minimum atomic E-state index is -0.306. The van der Waals surface area contributed by atoms with E-state index in [-0.39, 0.29) is 18.4 Å². The molecule has 0 spiro atoms. The molecule has 0 radical (unpaired) electrons. The van der Waals surface area contributed by atoms with Crippen LogP contribution in [0.15, 0.2) is 34.9 Å². The van der Waals surface area contributed by atoms with Crippen LogP contribution >= 0.6 is 0 Å². The number of nitrogens with two attached hydrogens (primary N) is 1. The topological polar surface area (TPSA) is 90.4 Å². The van der Waals surface area contributed by atoms with E-state index in [2.05, 4.69) is 10.5 Å². The molecule has 2 aromatic rings. The zero-order valence-corrected chi connectivity index (χ0v) is 12.1. The van der Waals surface area contributed by atoms with Gasteiger partial charge in [-0.3, -0.25) is 10.1 Å². The molecular weight excluding hydrogens is 270 g/mol. The normalized spacial score (nSPS) is 10.7. The molecule has 2 rings (SSSR count). The van der Waals surface area contributed by atoms with Crippen LogP contribution in [0.4, 0.5) is 5.88 Å². The summed E-state index contributed by atoms with van der Waals surface area (Å²) >= 11 is 0. The molecule has 6 nitrogen and oxygen atoms in total. The van der Waals surface area contributed by atoms with Crippen LogP contribution in [0.25, 0.3) is 0 Å². The Labute approximate surface area is 123 Å². The zero-order valence-electron chi connectivity index (χ0n) is 12.1. The van der Waals surface area contributed by atoms with Crippen molar-refractivity contribution in [2.45, 2.75) is 26.3 Å². The molecule has 0 unspecified atom stereocenters.